The molecule has 5 rings (SSSR count). The second kappa shape index (κ2) is 9.48. The Morgan fingerprint density at radius 3 is 2.37 bits per heavy atom. The van der Waals surface area contributed by atoms with Crippen LogP contribution < -0.4 is 24.0 Å². The number of carbonyl (C=O) groups is 2. The second-order valence-corrected chi connectivity index (χ2v) is 10.6. The van der Waals surface area contributed by atoms with Crippen molar-refractivity contribution in [3.05, 3.63) is 42.5 Å². The monoisotopic (exact) mass is 502 g/mol. The van der Waals surface area contributed by atoms with Crippen LogP contribution >= 0.6 is 0 Å². The maximum Gasteiger partial charge on any atom is 0.292 e. The number of imide groups is 1. The van der Waals surface area contributed by atoms with Crippen LogP contribution in [0.1, 0.15) is 13.3 Å². The lowest BCUT2D eigenvalue weighted by molar-refractivity contribution is -0.918. The highest BCUT2D eigenvalue weighted by Crippen LogP contribution is 2.33. The Labute approximate surface area is 204 Å². The number of rotatable bonds is 6. The predicted octanol–water partition coefficient (Wildman–Crippen LogP) is 0.0778. The van der Waals surface area contributed by atoms with Crippen LogP contribution in [-0.4, -0.2) is 76.6 Å². The van der Waals surface area contributed by atoms with Crippen molar-refractivity contribution in [3.8, 4) is 17.2 Å². The second-order valence-electron chi connectivity index (χ2n) is 8.62. The molecule has 2 fully saturated rings. The van der Waals surface area contributed by atoms with Gasteiger partial charge >= 0.3 is 0 Å². The van der Waals surface area contributed by atoms with Gasteiger partial charge in [0.25, 0.3) is 5.91 Å². The number of hydrogen-bond acceptors (Lipinski definition) is 7. The van der Waals surface area contributed by atoms with Gasteiger partial charge in [0, 0.05) is 6.07 Å². The maximum absolute atomic E-state index is 13.2. The molecule has 0 aromatic heterocycles. The SMILES string of the molecule is CCOc1ccc(N2C(=O)C[C@@H]([NH+]3CCN(S(=O)(=O)c4ccc5c(c4)OCCO5)CC3)C2=O)cc1. The molecule has 0 spiro atoms. The van der Waals surface area contributed by atoms with Crippen molar-refractivity contribution < 1.29 is 37.1 Å². The Kier molecular flexibility index (Phi) is 6.39. The number of fused-ring (bicyclic) bond motifs is 1. The lowest BCUT2D eigenvalue weighted by Gasteiger charge is -2.33. The average molecular weight is 503 g/mol. The van der Waals surface area contributed by atoms with E-state index in [2.05, 4.69) is 0 Å². The fourth-order valence-corrected chi connectivity index (χ4v) is 6.23. The van der Waals surface area contributed by atoms with E-state index < -0.39 is 16.1 Å². The van der Waals surface area contributed by atoms with Gasteiger partial charge in [-0.05, 0) is 43.3 Å². The van der Waals surface area contributed by atoms with Gasteiger partial charge < -0.3 is 19.1 Å². The summed E-state index contributed by atoms with van der Waals surface area (Å²) in [4.78, 5) is 28.2. The van der Waals surface area contributed by atoms with E-state index in [-0.39, 0.29) is 36.2 Å². The van der Waals surface area contributed by atoms with Crippen molar-refractivity contribution in [1.82, 2.24) is 4.31 Å². The fourth-order valence-electron chi connectivity index (χ4n) is 4.78. The molecule has 10 nitrogen and oxygen atoms in total. The Hall–Kier alpha value is -3.15. The fraction of sp³-hybridized carbons (Fsp3) is 0.417. The number of ether oxygens (including phenoxy) is 3. The molecule has 11 heteroatoms. The smallest absolute Gasteiger partial charge is 0.292 e. The predicted molar refractivity (Wildman–Crippen MR) is 125 cm³/mol. The molecule has 0 aliphatic carbocycles. The van der Waals surface area contributed by atoms with E-state index in [4.69, 9.17) is 14.2 Å². The molecule has 186 valence electrons. The summed E-state index contributed by atoms with van der Waals surface area (Å²) in [5.74, 6) is 1.13. The first-order chi connectivity index (χ1) is 16.9. The van der Waals surface area contributed by atoms with E-state index in [1.165, 1.54) is 21.3 Å². The van der Waals surface area contributed by atoms with E-state index >= 15 is 0 Å². The summed E-state index contributed by atoms with van der Waals surface area (Å²) in [6.07, 6.45) is 0.107. The van der Waals surface area contributed by atoms with Gasteiger partial charge in [0.05, 0.1) is 49.8 Å². The van der Waals surface area contributed by atoms with E-state index in [1.54, 1.807) is 30.3 Å². The van der Waals surface area contributed by atoms with Crippen molar-refractivity contribution in [2.45, 2.75) is 24.3 Å². The Morgan fingerprint density at radius 2 is 1.69 bits per heavy atom. The zero-order chi connectivity index (χ0) is 24.6. The number of nitrogens with zero attached hydrogens (tertiary/aromatic N) is 2. The topological polar surface area (TPSA) is 107 Å². The Balaban J connectivity index is 1.24. The van der Waals surface area contributed by atoms with Crippen LogP contribution in [0.5, 0.6) is 17.2 Å². The summed E-state index contributed by atoms with van der Waals surface area (Å²) in [5, 5.41) is 0. The molecule has 0 saturated carbocycles. The van der Waals surface area contributed by atoms with Crippen LogP contribution in [-0.2, 0) is 19.6 Å². The third-order valence-corrected chi connectivity index (χ3v) is 8.46. The van der Waals surface area contributed by atoms with Gasteiger partial charge in [-0.15, -0.1) is 0 Å². The highest BCUT2D eigenvalue weighted by molar-refractivity contribution is 7.89. The number of quaternary nitrogens is 1. The summed E-state index contributed by atoms with van der Waals surface area (Å²) in [7, 11) is -3.72. The molecule has 2 amide bonds. The molecule has 2 saturated heterocycles. The standard InChI is InChI=1S/C24H27N3O7S/c1-2-32-18-5-3-17(4-6-18)27-23(28)16-20(24(27)29)25-9-11-26(12-10-25)35(30,31)19-7-8-21-22(15-19)34-14-13-33-21/h3-8,15,20H,2,9-14,16H2,1H3/p+1/t20-/m1/s1. The number of piperazine rings is 1. The summed E-state index contributed by atoms with van der Waals surface area (Å²) < 4.78 is 44.3. The summed E-state index contributed by atoms with van der Waals surface area (Å²) >= 11 is 0. The molecule has 2 aromatic rings. The molecule has 2 aromatic carbocycles. The van der Waals surface area contributed by atoms with Crippen LogP contribution in [0.3, 0.4) is 0 Å². The summed E-state index contributed by atoms with van der Waals surface area (Å²) in [6.45, 7) is 4.61. The quantitative estimate of drug-likeness (QED) is 0.558. The van der Waals surface area contributed by atoms with Gasteiger partial charge in [0.2, 0.25) is 15.9 Å². The normalized spacial score (nSPS) is 21.4. The zero-order valence-electron chi connectivity index (χ0n) is 19.4. The molecule has 3 heterocycles. The molecule has 0 radical (unpaired) electrons. The Bertz CT molecular complexity index is 1220. The van der Waals surface area contributed by atoms with Crippen LogP contribution in [0.4, 0.5) is 5.69 Å². The van der Waals surface area contributed by atoms with E-state index in [1.807, 2.05) is 6.92 Å². The number of anilines is 1. The summed E-state index contributed by atoms with van der Waals surface area (Å²) in [5.41, 5.74) is 0.519. The third kappa shape index (κ3) is 4.46. The number of amides is 2. The minimum atomic E-state index is -3.72. The lowest BCUT2D eigenvalue weighted by atomic mass is 10.2. The maximum atomic E-state index is 13.2. The van der Waals surface area contributed by atoms with Gasteiger partial charge in [-0.3, -0.25) is 9.59 Å². The minimum absolute atomic E-state index is 0.107. The number of hydrogen-bond donors (Lipinski definition) is 1. The largest absolute Gasteiger partial charge is 0.494 e. The van der Waals surface area contributed by atoms with Crippen LogP contribution in [0.15, 0.2) is 47.4 Å². The van der Waals surface area contributed by atoms with Crippen molar-refractivity contribution >= 4 is 27.5 Å². The molecule has 3 aliphatic heterocycles. The van der Waals surface area contributed by atoms with Gasteiger partial charge in [-0.25, -0.2) is 13.3 Å². The molecule has 1 N–H and O–H groups in total. The van der Waals surface area contributed by atoms with Crippen molar-refractivity contribution in [2.75, 3.05) is 50.9 Å². The highest BCUT2D eigenvalue weighted by Gasteiger charge is 2.47. The molecule has 1 atom stereocenters. The van der Waals surface area contributed by atoms with Crippen LogP contribution in [0, 0.1) is 0 Å². The van der Waals surface area contributed by atoms with Gasteiger partial charge in [-0.1, -0.05) is 0 Å². The lowest BCUT2D eigenvalue weighted by Crippen LogP contribution is -3.19. The Morgan fingerprint density at radius 1 is 1.00 bits per heavy atom. The highest BCUT2D eigenvalue weighted by atomic mass is 32.2. The number of benzene rings is 2. The van der Waals surface area contributed by atoms with E-state index in [9.17, 15) is 18.0 Å². The molecule has 35 heavy (non-hydrogen) atoms. The molecular formula is C24H28N3O7S+. The molecule has 0 unspecified atom stereocenters. The number of nitrogens with one attached hydrogen (secondary N) is 1. The van der Waals surface area contributed by atoms with Crippen molar-refractivity contribution in [1.29, 1.82) is 0 Å². The van der Waals surface area contributed by atoms with Crippen molar-refractivity contribution in [3.63, 3.8) is 0 Å². The minimum Gasteiger partial charge on any atom is -0.494 e. The van der Waals surface area contributed by atoms with E-state index in [0.29, 0.717) is 55.8 Å². The van der Waals surface area contributed by atoms with Gasteiger partial charge in [-0.2, -0.15) is 4.31 Å². The van der Waals surface area contributed by atoms with Crippen LogP contribution in [0.25, 0.3) is 0 Å². The molecular weight excluding hydrogens is 474 g/mol. The zero-order valence-corrected chi connectivity index (χ0v) is 20.3. The first-order valence-corrected chi connectivity index (χ1v) is 13.2. The third-order valence-electron chi connectivity index (χ3n) is 6.56. The molecule has 3 aliphatic rings. The average Bonchev–Trinajstić information content (AvgIpc) is 3.18. The summed E-state index contributed by atoms with van der Waals surface area (Å²) in [6, 6.07) is 11.0. The van der Waals surface area contributed by atoms with Crippen molar-refractivity contribution in [2.24, 2.45) is 0 Å². The first kappa shape index (κ1) is 23.6. The van der Waals surface area contributed by atoms with Gasteiger partial charge in [0.1, 0.15) is 19.0 Å². The van der Waals surface area contributed by atoms with Crippen LogP contribution in [0.2, 0.25) is 0 Å². The first-order valence-electron chi connectivity index (χ1n) is 11.7. The number of carbonyl (C=O) groups excluding carboxylic acids is 2. The van der Waals surface area contributed by atoms with Gasteiger partial charge in [0.15, 0.2) is 17.5 Å². The van der Waals surface area contributed by atoms with E-state index in [0.717, 1.165) is 4.90 Å². The number of sulfonamides is 1. The molecule has 0 bridgehead atoms.